The van der Waals surface area contributed by atoms with E-state index in [9.17, 15) is 13.6 Å². The fraction of sp³-hybridized carbons (Fsp3) is 0.214. The highest BCUT2D eigenvalue weighted by Gasteiger charge is 2.14. The number of hydrogen-bond acceptors (Lipinski definition) is 4. The van der Waals surface area contributed by atoms with E-state index >= 15 is 0 Å². The molecule has 0 atom stereocenters. The Labute approximate surface area is 119 Å². The summed E-state index contributed by atoms with van der Waals surface area (Å²) in [5, 5.41) is 11.9. The second kappa shape index (κ2) is 6.25. The number of rotatable bonds is 6. The van der Waals surface area contributed by atoms with Crippen molar-refractivity contribution >= 4 is 11.7 Å². The molecular formula is C14H13F2NO4. The van der Waals surface area contributed by atoms with Gasteiger partial charge in [-0.05, 0) is 37.3 Å². The Morgan fingerprint density at radius 2 is 2.05 bits per heavy atom. The molecule has 0 fully saturated rings. The largest absolute Gasteiger partial charge is 0.475 e. The molecular weight excluding hydrogens is 284 g/mol. The van der Waals surface area contributed by atoms with E-state index in [-0.39, 0.29) is 18.1 Å². The van der Waals surface area contributed by atoms with Gasteiger partial charge in [0, 0.05) is 11.3 Å². The van der Waals surface area contributed by atoms with Gasteiger partial charge in [0.2, 0.25) is 5.76 Å². The summed E-state index contributed by atoms with van der Waals surface area (Å²) in [6.45, 7) is -0.930. The van der Waals surface area contributed by atoms with Gasteiger partial charge in [-0.3, -0.25) is 0 Å². The minimum absolute atomic E-state index is 0.0672. The lowest BCUT2D eigenvalue weighted by molar-refractivity contribution is -0.0498. The Balaban J connectivity index is 1.96. The average molecular weight is 297 g/mol. The lowest BCUT2D eigenvalue weighted by Crippen LogP contribution is -2.02. The van der Waals surface area contributed by atoms with Crippen LogP contribution in [-0.4, -0.2) is 17.7 Å². The van der Waals surface area contributed by atoms with Gasteiger partial charge in [0.15, 0.2) is 0 Å². The second-order valence-corrected chi connectivity index (χ2v) is 4.29. The number of halogens is 2. The van der Waals surface area contributed by atoms with Crippen LogP contribution in [-0.2, 0) is 6.54 Å². The molecule has 0 radical (unpaired) electrons. The highest BCUT2D eigenvalue weighted by molar-refractivity contribution is 5.86. The number of carbonyl (C=O) groups is 1. The van der Waals surface area contributed by atoms with Gasteiger partial charge in [0.05, 0.1) is 6.54 Å². The van der Waals surface area contributed by atoms with Crippen LogP contribution >= 0.6 is 0 Å². The predicted octanol–water partition coefficient (Wildman–Crippen LogP) is 3.50. The van der Waals surface area contributed by atoms with Gasteiger partial charge in [-0.2, -0.15) is 8.78 Å². The number of anilines is 1. The van der Waals surface area contributed by atoms with Crippen LogP contribution in [0.5, 0.6) is 5.75 Å². The molecule has 2 aromatic rings. The van der Waals surface area contributed by atoms with Gasteiger partial charge in [-0.25, -0.2) is 4.79 Å². The molecule has 7 heteroatoms. The minimum atomic E-state index is -2.86. The van der Waals surface area contributed by atoms with Gasteiger partial charge in [-0.1, -0.05) is 0 Å². The number of carboxylic acids is 1. The van der Waals surface area contributed by atoms with Gasteiger partial charge < -0.3 is 19.6 Å². The first-order valence-corrected chi connectivity index (χ1v) is 6.07. The molecule has 0 aliphatic heterocycles. The summed E-state index contributed by atoms with van der Waals surface area (Å²) in [6, 6.07) is 7.59. The number of carboxylic acid groups (broad SMARTS) is 1. The van der Waals surface area contributed by atoms with Gasteiger partial charge in [0.25, 0.3) is 0 Å². The molecule has 1 aromatic carbocycles. The molecule has 2 N–H and O–H groups in total. The summed E-state index contributed by atoms with van der Waals surface area (Å²) in [5.41, 5.74) is 1.21. The molecule has 2 rings (SSSR count). The van der Waals surface area contributed by atoms with Crippen molar-refractivity contribution in [3.63, 3.8) is 0 Å². The van der Waals surface area contributed by atoms with Crippen molar-refractivity contribution in [3.8, 4) is 5.75 Å². The van der Waals surface area contributed by atoms with Gasteiger partial charge in [-0.15, -0.1) is 0 Å². The maximum atomic E-state index is 12.0. The summed E-state index contributed by atoms with van der Waals surface area (Å²) in [7, 11) is 0. The molecule has 1 aromatic heterocycles. The first kappa shape index (κ1) is 14.8. The molecule has 0 saturated carbocycles. The third kappa shape index (κ3) is 3.95. The highest BCUT2D eigenvalue weighted by Crippen LogP contribution is 2.19. The molecule has 0 spiro atoms. The molecule has 0 aliphatic rings. The van der Waals surface area contributed by atoms with Crippen molar-refractivity contribution < 1.29 is 27.8 Å². The zero-order valence-electron chi connectivity index (χ0n) is 11.1. The number of furan rings is 1. The maximum Gasteiger partial charge on any atom is 0.387 e. The zero-order valence-corrected chi connectivity index (χ0v) is 11.1. The van der Waals surface area contributed by atoms with E-state index in [4.69, 9.17) is 9.52 Å². The van der Waals surface area contributed by atoms with Crippen molar-refractivity contribution in [2.45, 2.75) is 20.1 Å². The number of ether oxygens (including phenoxy) is 1. The van der Waals surface area contributed by atoms with Crippen molar-refractivity contribution in [3.05, 3.63) is 47.4 Å². The Kier molecular flexibility index (Phi) is 4.42. The van der Waals surface area contributed by atoms with Gasteiger partial charge >= 0.3 is 12.6 Å². The number of aryl methyl sites for hydroxylation is 1. The summed E-state index contributed by atoms with van der Waals surface area (Å²) in [6.07, 6.45) is 0. The zero-order chi connectivity index (χ0) is 15.4. The lowest BCUT2D eigenvalue weighted by Gasteiger charge is -2.07. The Bertz CT molecular complexity index is 622. The van der Waals surface area contributed by atoms with Crippen LogP contribution in [0.2, 0.25) is 0 Å². The monoisotopic (exact) mass is 297 g/mol. The Hall–Kier alpha value is -2.57. The molecule has 21 heavy (non-hydrogen) atoms. The van der Waals surface area contributed by atoms with Crippen LogP contribution in [0.15, 0.2) is 34.7 Å². The minimum Gasteiger partial charge on any atom is -0.475 e. The van der Waals surface area contributed by atoms with E-state index in [0.29, 0.717) is 17.0 Å². The maximum absolute atomic E-state index is 12.0. The van der Waals surface area contributed by atoms with E-state index in [1.807, 2.05) is 0 Å². The van der Waals surface area contributed by atoms with Crippen LogP contribution in [0.25, 0.3) is 0 Å². The molecule has 0 saturated heterocycles. The average Bonchev–Trinajstić information content (AvgIpc) is 2.79. The summed E-state index contributed by atoms with van der Waals surface area (Å²) >= 11 is 0. The Morgan fingerprint density at radius 1 is 1.38 bits per heavy atom. The lowest BCUT2D eigenvalue weighted by atomic mass is 10.2. The quantitative estimate of drug-likeness (QED) is 0.853. The van der Waals surface area contributed by atoms with Crippen LogP contribution < -0.4 is 10.1 Å². The summed E-state index contributed by atoms with van der Waals surface area (Å²) in [5.74, 6) is -0.671. The molecule has 0 amide bonds. The van der Waals surface area contributed by atoms with Crippen molar-refractivity contribution in [2.24, 2.45) is 0 Å². The Morgan fingerprint density at radius 3 is 2.57 bits per heavy atom. The van der Waals surface area contributed by atoms with Crippen molar-refractivity contribution in [1.82, 2.24) is 0 Å². The molecule has 0 bridgehead atoms. The number of aromatic carboxylic acids is 1. The van der Waals surface area contributed by atoms with E-state index in [2.05, 4.69) is 10.1 Å². The predicted molar refractivity (Wildman–Crippen MR) is 70.8 cm³/mol. The third-order valence-corrected chi connectivity index (χ3v) is 2.71. The number of nitrogens with one attached hydrogen (secondary N) is 1. The first-order valence-electron chi connectivity index (χ1n) is 6.07. The number of alkyl halides is 2. The van der Waals surface area contributed by atoms with Gasteiger partial charge in [0.1, 0.15) is 11.5 Å². The first-order chi connectivity index (χ1) is 9.95. The highest BCUT2D eigenvalue weighted by atomic mass is 19.3. The topological polar surface area (TPSA) is 71.7 Å². The molecule has 5 nitrogen and oxygen atoms in total. The molecule has 112 valence electrons. The fourth-order valence-electron chi connectivity index (χ4n) is 1.79. The summed E-state index contributed by atoms with van der Waals surface area (Å²) in [4.78, 5) is 10.8. The molecule has 0 aliphatic carbocycles. The van der Waals surface area contributed by atoms with E-state index in [0.717, 1.165) is 0 Å². The van der Waals surface area contributed by atoms with Crippen molar-refractivity contribution in [2.75, 3.05) is 5.32 Å². The van der Waals surface area contributed by atoms with Crippen molar-refractivity contribution in [1.29, 1.82) is 0 Å². The van der Waals surface area contributed by atoms with Crippen LogP contribution in [0, 0.1) is 6.92 Å². The normalized spacial score (nSPS) is 10.7. The van der Waals surface area contributed by atoms with E-state index in [1.54, 1.807) is 25.1 Å². The second-order valence-electron chi connectivity index (χ2n) is 4.29. The van der Waals surface area contributed by atoms with Crippen LogP contribution in [0.4, 0.5) is 14.5 Å². The number of benzene rings is 1. The van der Waals surface area contributed by atoms with E-state index in [1.165, 1.54) is 12.1 Å². The molecule has 0 unspecified atom stereocenters. The summed E-state index contributed by atoms with van der Waals surface area (Å²) < 4.78 is 33.4. The van der Waals surface area contributed by atoms with Crippen LogP contribution in [0.3, 0.4) is 0 Å². The standard InChI is InChI=1S/C14H13F2NO4/c1-8-6-11(20-12(8)13(18)19)7-17-9-2-4-10(5-3-9)21-14(15)16/h2-6,14,17H,7H2,1H3,(H,18,19). The third-order valence-electron chi connectivity index (χ3n) is 2.71. The van der Waals surface area contributed by atoms with E-state index < -0.39 is 12.6 Å². The fourth-order valence-corrected chi connectivity index (χ4v) is 1.79. The molecule has 1 heterocycles. The smallest absolute Gasteiger partial charge is 0.387 e. The number of hydrogen-bond donors (Lipinski definition) is 2. The van der Waals surface area contributed by atoms with Crippen LogP contribution in [0.1, 0.15) is 21.9 Å². The SMILES string of the molecule is Cc1cc(CNc2ccc(OC(F)F)cc2)oc1C(=O)O.